The molecule has 0 aromatic heterocycles. The topological polar surface area (TPSA) is 131 Å². The molecule has 1 aliphatic rings. The first kappa shape index (κ1) is 21.2. The molecule has 1 heterocycles. The molecule has 6 atom stereocenters. The fourth-order valence-corrected chi connectivity index (χ4v) is 3.65. The number of carboxylic acid groups (broad SMARTS) is 1. The molecule has 5 N–H and O–H groups in total. The molecule has 0 radical (unpaired) electrons. The van der Waals surface area contributed by atoms with Crippen LogP contribution >= 0.6 is 0 Å². The molecule has 3 rings (SSSR count). The Morgan fingerprint density at radius 2 is 1.52 bits per heavy atom. The Bertz CT molecular complexity index is 786. The van der Waals surface area contributed by atoms with Crippen molar-refractivity contribution in [1.29, 1.82) is 0 Å². The third-order valence-corrected chi connectivity index (χ3v) is 5.16. The number of benzene rings is 2. The zero-order valence-electron chi connectivity index (χ0n) is 15.7. The lowest BCUT2D eigenvalue weighted by molar-refractivity contribution is -0.242. The summed E-state index contributed by atoms with van der Waals surface area (Å²) in [4.78, 5) is 13.3. The van der Waals surface area contributed by atoms with E-state index in [1.807, 2.05) is 6.07 Å². The summed E-state index contributed by atoms with van der Waals surface area (Å²) in [6.45, 7) is -0.570. The van der Waals surface area contributed by atoms with Gasteiger partial charge in [0.05, 0.1) is 12.6 Å². The van der Waals surface area contributed by atoms with Gasteiger partial charge in [0.2, 0.25) is 0 Å². The fourth-order valence-electron chi connectivity index (χ4n) is 3.65. The summed E-state index contributed by atoms with van der Waals surface area (Å²) in [5, 5.41) is 50.4. The molecule has 2 aromatic carbocycles. The first-order chi connectivity index (χ1) is 13.9. The number of rotatable bonds is 6. The predicted molar refractivity (Wildman–Crippen MR) is 103 cm³/mol. The Balaban J connectivity index is 2.02. The smallest absolute Gasteiger partial charge is 0.408 e. The second-order valence-electron chi connectivity index (χ2n) is 7.05. The van der Waals surface area contributed by atoms with Crippen LogP contribution in [0.5, 0.6) is 0 Å². The van der Waals surface area contributed by atoms with Crippen molar-refractivity contribution in [1.82, 2.24) is 4.90 Å². The Morgan fingerprint density at radius 3 is 2.07 bits per heavy atom. The quantitative estimate of drug-likeness (QED) is 0.481. The molecule has 1 saturated heterocycles. The first-order valence-corrected chi connectivity index (χ1v) is 9.33. The molecule has 0 aliphatic carbocycles. The van der Waals surface area contributed by atoms with Gasteiger partial charge in [-0.3, -0.25) is 4.90 Å². The summed E-state index contributed by atoms with van der Waals surface area (Å²) in [5.74, 6) is 0. The third kappa shape index (κ3) is 4.58. The second-order valence-corrected chi connectivity index (χ2v) is 7.05. The van der Waals surface area contributed by atoms with Gasteiger partial charge in [-0.15, -0.1) is 0 Å². The van der Waals surface area contributed by atoms with Crippen LogP contribution in [0, 0.1) is 0 Å². The fraction of sp³-hybridized carbons (Fsp3) is 0.381. The maximum atomic E-state index is 12.2. The largest absolute Gasteiger partial charge is 0.465 e. The number of aliphatic hydroxyl groups is 4. The molecule has 0 bridgehead atoms. The van der Waals surface area contributed by atoms with Gasteiger partial charge in [-0.05, 0) is 11.1 Å². The van der Waals surface area contributed by atoms with Crippen molar-refractivity contribution in [2.75, 3.05) is 6.61 Å². The number of ether oxygens (including phenoxy) is 1. The van der Waals surface area contributed by atoms with Gasteiger partial charge in [0.25, 0.3) is 0 Å². The minimum Gasteiger partial charge on any atom is -0.465 e. The Labute approximate surface area is 168 Å². The average Bonchev–Trinajstić information content (AvgIpc) is 2.74. The molecule has 2 unspecified atom stereocenters. The number of aliphatic hydroxyl groups excluding tert-OH is 4. The molecule has 0 spiro atoms. The van der Waals surface area contributed by atoms with Crippen LogP contribution in [0.15, 0.2) is 60.7 Å². The van der Waals surface area contributed by atoms with E-state index in [0.29, 0.717) is 5.56 Å². The van der Waals surface area contributed by atoms with Gasteiger partial charge in [0.15, 0.2) is 0 Å². The molecular weight excluding hydrogens is 378 g/mol. The minimum absolute atomic E-state index is 0.0186. The molecule has 0 saturated carbocycles. The summed E-state index contributed by atoms with van der Waals surface area (Å²) >= 11 is 0. The van der Waals surface area contributed by atoms with Crippen LogP contribution < -0.4 is 0 Å². The lowest BCUT2D eigenvalue weighted by atomic mass is 9.87. The summed E-state index contributed by atoms with van der Waals surface area (Å²) < 4.78 is 5.70. The number of hydrogen-bond acceptors (Lipinski definition) is 6. The van der Waals surface area contributed by atoms with Crippen molar-refractivity contribution in [3.05, 3.63) is 71.8 Å². The Kier molecular flexibility index (Phi) is 6.83. The van der Waals surface area contributed by atoms with Crippen molar-refractivity contribution < 1.29 is 35.1 Å². The SMILES string of the molecule is O=C(O)N(Cc1ccccc1)C(c1ccccc1)C1O[C@H](CO)[C@@H](O)[C@H](O)[C@H]1O. The van der Waals surface area contributed by atoms with Gasteiger partial charge >= 0.3 is 6.09 Å². The van der Waals surface area contributed by atoms with Crippen LogP contribution in [0.2, 0.25) is 0 Å². The number of hydrogen-bond donors (Lipinski definition) is 5. The normalized spacial score (nSPS) is 27.9. The van der Waals surface area contributed by atoms with Gasteiger partial charge in [-0.1, -0.05) is 60.7 Å². The molecular formula is C21H25NO7. The summed E-state index contributed by atoms with van der Waals surface area (Å²) in [7, 11) is 0. The van der Waals surface area contributed by atoms with Crippen LogP contribution in [0.4, 0.5) is 4.79 Å². The average molecular weight is 403 g/mol. The highest BCUT2D eigenvalue weighted by atomic mass is 16.5. The Hall–Kier alpha value is -2.49. The molecule has 8 heteroatoms. The van der Waals surface area contributed by atoms with Gasteiger partial charge in [-0.2, -0.15) is 0 Å². The van der Waals surface area contributed by atoms with Crippen LogP contribution in [0.25, 0.3) is 0 Å². The highest BCUT2D eigenvalue weighted by Gasteiger charge is 2.49. The summed E-state index contributed by atoms with van der Waals surface area (Å²) in [6.07, 6.45) is -8.24. The van der Waals surface area contributed by atoms with E-state index in [0.717, 1.165) is 10.5 Å². The maximum Gasteiger partial charge on any atom is 0.408 e. The van der Waals surface area contributed by atoms with Crippen molar-refractivity contribution in [3.63, 3.8) is 0 Å². The van der Waals surface area contributed by atoms with E-state index >= 15 is 0 Å². The van der Waals surface area contributed by atoms with E-state index in [2.05, 4.69) is 0 Å². The Morgan fingerprint density at radius 1 is 0.931 bits per heavy atom. The second kappa shape index (κ2) is 9.34. The molecule has 1 amide bonds. The van der Waals surface area contributed by atoms with Crippen LogP contribution in [-0.4, -0.2) is 73.7 Å². The van der Waals surface area contributed by atoms with E-state index in [1.54, 1.807) is 54.6 Å². The lowest BCUT2D eigenvalue weighted by Gasteiger charge is -2.45. The zero-order valence-corrected chi connectivity index (χ0v) is 15.7. The standard InChI is InChI=1S/C21H25NO7/c23-12-15-17(24)18(25)19(26)20(29-15)16(14-9-5-2-6-10-14)22(21(27)28)11-13-7-3-1-4-8-13/h1-10,15-20,23-26H,11-12H2,(H,27,28)/t15-,16?,17-,18+,19-,20?/m1/s1. The molecule has 1 aliphatic heterocycles. The molecule has 156 valence electrons. The molecule has 2 aromatic rings. The summed E-state index contributed by atoms with van der Waals surface area (Å²) in [6, 6.07) is 16.6. The van der Waals surface area contributed by atoms with Gasteiger partial charge in [0, 0.05) is 6.54 Å². The molecule has 8 nitrogen and oxygen atoms in total. The van der Waals surface area contributed by atoms with Crippen molar-refractivity contribution in [2.24, 2.45) is 0 Å². The van der Waals surface area contributed by atoms with Crippen LogP contribution in [0.1, 0.15) is 17.2 Å². The number of carbonyl (C=O) groups is 1. The summed E-state index contributed by atoms with van der Waals surface area (Å²) in [5.41, 5.74) is 1.29. The monoisotopic (exact) mass is 403 g/mol. The van der Waals surface area contributed by atoms with Crippen LogP contribution in [0.3, 0.4) is 0 Å². The van der Waals surface area contributed by atoms with Crippen molar-refractivity contribution >= 4 is 6.09 Å². The molecule has 29 heavy (non-hydrogen) atoms. The zero-order chi connectivity index (χ0) is 21.0. The van der Waals surface area contributed by atoms with Crippen molar-refractivity contribution in [2.45, 2.75) is 43.1 Å². The number of nitrogens with zero attached hydrogens (tertiary/aromatic N) is 1. The lowest BCUT2D eigenvalue weighted by Crippen LogP contribution is -2.61. The van der Waals surface area contributed by atoms with E-state index < -0.39 is 49.3 Å². The van der Waals surface area contributed by atoms with Crippen molar-refractivity contribution in [3.8, 4) is 0 Å². The predicted octanol–water partition coefficient (Wildman–Crippen LogP) is 0.750. The minimum atomic E-state index is -1.59. The maximum absolute atomic E-state index is 12.2. The van der Waals surface area contributed by atoms with E-state index in [-0.39, 0.29) is 6.54 Å². The van der Waals surface area contributed by atoms with Gasteiger partial charge in [0.1, 0.15) is 30.5 Å². The highest BCUT2D eigenvalue weighted by molar-refractivity contribution is 5.66. The first-order valence-electron chi connectivity index (χ1n) is 9.33. The number of amides is 1. The van der Waals surface area contributed by atoms with Crippen LogP contribution in [-0.2, 0) is 11.3 Å². The van der Waals surface area contributed by atoms with Gasteiger partial charge < -0.3 is 30.3 Å². The van der Waals surface area contributed by atoms with Gasteiger partial charge in [-0.25, -0.2) is 4.79 Å². The molecule has 1 fully saturated rings. The third-order valence-electron chi connectivity index (χ3n) is 5.16. The highest BCUT2D eigenvalue weighted by Crippen LogP contribution is 2.35. The van der Waals surface area contributed by atoms with E-state index in [4.69, 9.17) is 4.74 Å². The van der Waals surface area contributed by atoms with E-state index in [1.165, 1.54) is 0 Å². The van der Waals surface area contributed by atoms with E-state index in [9.17, 15) is 30.3 Å².